The van der Waals surface area contributed by atoms with Crippen molar-refractivity contribution in [2.75, 3.05) is 38.2 Å². The number of nitrogens with zero attached hydrogens (tertiary/aromatic N) is 1. The van der Waals surface area contributed by atoms with Gasteiger partial charge in [-0.25, -0.2) is 4.72 Å². The minimum atomic E-state index is -3.32. The monoisotopic (exact) mass is 337 g/mol. The van der Waals surface area contributed by atoms with E-state index in [9.17, 15) is 8.42 Å². The molecule has 5 nitrogen and oxygen atoms in total. The van der Waals surface area contributed by atoms with Gasteiger partial charge < -0.3 is 5.32 Å². The van der Waals surface area contributed by atoms with Gasteiger partial charge in [-0.15, -0.1) is 0 Å². The normalized spacial score (nSPS) is 22.6. The number of piperidine rings is 1. The highest BCUT2D eigenvalue weighted by atomic mass is 32.2. The third kappa shape index (κ3) is 7.32. The lowest BCUT2D eigenvalue weighted by molar-refractivity contribution is 0.254. The molecule has 2 unspecified atom stereocenters. The Bertz CT molecular complexity index is 388. The molecule has 1 rings (SSSR count). The molecule has 1 aliphatic heterocycles. The van der Waals surface area contributed by atoms with Gasteiger partial charge in [0.25, 0.3) is 10.2 Å². The molecule has 1 aliphatic rings. The molecule has 2 N–H and O–H groups in total. The van der Waals surface area contributed by atoms with Gasteiger partial charge >= 0.3 is 0 Å². The molecule has 1 saturated heterocycles. The van der Waals surface area contributed by atoms with Crippen molar-refractivity contribution in [1.29, 1.82) is 0 Å². The first-order chi connectivity index (χ1) is 9.85. The Hall–Kier alpha value is 0.180. The zero-order valence-corrected chi connectivity index (χ0v) is 15.4. The van der Waals surface area contributed by atoms with Gasteiger partial charge in [-0.3, -0.25) is 0 Å². The maximum absolute atomic E-state index is 12.4. The summed E-state index contributed by atoms with van der Waals surface area (Å²) >= 11 is 1.75. The van der Waals surface area contributed by atoms with E-state index >= 15 is 0 Å². The van der Waals surface area contributed by atoms with Crippen LogP contribution in [0.15, 0.2) is 0 Å². The molecule has 0 aromatic carbocycles. The van der Waals surface area contributed by atoms with E-state index in [1.807, 2.05) is 6.26 Å². The van der Waals surface area contributed by atoms with Crippen molar-refractivity contribution in [2.45, 2.75) is 39.7 Å². The Morgan fingerprint density at radius 1 is 1.33 bits per heavy atom. The van der Waals surface area contributed by atoms with Gasteiger partial charge in [0.2, 0.25) is 0 Å². The second kappa shape index (κ2) is 9.35. The van der Waals surface area contributed by atoms with Crippen LogP contribution >= 0.6 is 11.8 Å². The number of hydrogen-bond donors (Lipinski definition) is 2. The first kappa shape index (κ1) is 19.2. The third-order valence-electron chi connectivity index (χ3n) is 3.70. The van der Waals surface area contributed by atoms with E-state index in [4.69, 9.17) is 0 Å². The van der Waals surface area contributed by atoms with Crippen LogP contribution in [-0.4, -0.2) is 57.0 Å². The van der Waals surface area contributed by atoms with Gasteiger partial charge in [0.05, 0.1) is 0 Å². The maximum Gasteiger partial charge on any atom is 0.279 e. The van der Waals surface area contributed by atoms with E-state index in [-0.39, 0.29) is 0 Å². The van der Waals surface area contributed by atoms with Gasteiger partial charge in [-0.2, -0.15) is 24.5 Å². The minimum Gasteiger partial charge on any atom is -0.314 e. The molecule has 7 heteroatoms. The molecule has 0 bridgehead atoms. The van der Waals surface area contributed by atoms with Gasteiger partial charge in [0.1, 0.15) is 0 Å². The van der Waals surface area contributed by atoms with Crippen LogP contribution in [0.4, 0.5) is 0 Å². The van der Waals surface area contributed by atoms with E-state index in [0.29, 0.717) is 37.5 Å². The number of thioether (sulfide) groups is 1. The van der Waals surface area contributed by atoms with Gasteiger partial charge in [0.15, 0.2) is 0 Å². The van der Waals surface area contributed by atoms with E-state index < -0.39 is 10.2 Å². The lowest BCUT2D eigenvalue weighted by atomic mass is 9.99. The van der Waals surface area contributed by atoms with Crippen LogP contribution in [0.25, 0.3) is 0 Å². The van der Waals surface area contributed by atoms with Crippen LogP contribution in [0.3, 0.4) is 0 Å². The SMILES string of the molecule is CSCC(C)CNS(=O)(=O)N1CCCC(CNC(C)C)C1. The van der Waals surface area contributed by atoms with Crippen molar-refractivity contribution in [1.82, 2.24) is 14.3 Å². The Labute approximate surface area is 134 Å². The third-order valence-corrected chi connectivity index (χ3v) is 6.15. The average molecular weight is 338 g/mol. The van der Waals surface area contributed by atoms with Crippen molar-refractivity contribution in [3.05, 3.63) is 0 Å². The zero-order chi connectivity index (χ0) is 15.9. The van der Waals surface area contributed by atoms with Crippen molar-refractivity contribution in [3.8, 4) is 0 Å². The Balaban J connectivity index is 2.46. The average Bonchev–Trinajstić information content (AvgIpc) is 2.44. The largest absolute Gasteiger partial charge is 0.314 e. The second-order valence-corrected chi connectivity index (χ2v) is 9.01. The molecule has 2 atom stereocenters. The molecule has 1 heterocycles. The molecule has 0 spiro atoms. The molecule has 1 fully saturated rings. The summed E-state index contributed by atoms with van der Waals surface area (Å²) in [6, 6.07) is 0.447. The quantitative estimate of drug-likeness (QED) is 0.670. The van der Waals surface area contributed by atoms with Crippen molar-refractivity contribution < 1.29 is 8.42 Å². The highest BCUT2D eigenvalue weighted by Crippen LogP contribution is 2.18. The topological polar surface area (TPSA) is 61.4 Å². The maximum atomic E-state index is 12.4. The second-order valence-electron chi connectivity index (χ2n) is 6.34. The van der Waals surface area contributed by atoms with Crippen LogP contribution < -0.4 is 10.0 Å². The van der Waals surface area contributed by atoms with E-state index in [1.165, 1.54) is 0 Å². The summed E-state index contributed by atoms with van der Waals surface area (Å²) in [5, 5.41) is 3.41. The first-order valence-corrected chi connectivity index (χ1v) is 10.7. The lowest BCUT2D eigenvalue weighted by Gasteiger charge is -2.32. The summed E-state index contributed by atoms with van der Waals surface area (Å²) in [4.78, 5) is 0. The summed E-state index contributed by atoms with van der Waals surface area (Å²) in [6.45, 7) is 9.00. The van der Waals surface area contributed by atoms with Gasteiger partial charge in [-0.05, 0) is 43.2 Å². The van der Waals surface area contributed by atoms with Crippen molar-refractivity contribution >= 4 is 22.0 Å². The highest BCUT2D eigenvalue weighted by molar-refractivity contribution is 7.98. The number of rotatable bonds is 9. The van der Waals surface area contributed by atoms with Crippen molar-refractivity contribution in [3.63, 3.8) is 0 Å². The number of nitrogens with one attached hydrogen (secondary N) is 2. The Morgan fingerprint density at radius 3 is 2.67 bits per heavy atom. The summed E-state index contributed by atoms with van der Waals surface area (Å²) in [5.74, 6) is 1.75. The predicted octanol–water partition coefficient (Wildman–Crippen LogP) is 1.53. The molecular weight excluding hydrogens is 306 g/mol. The van der Waals surface area contributed by atoms with Gasteiger partial charge in [-0.1, -0.05) is 20.8 Å². The standard InChI is InChI=1S/C14H31N3O2S2/c1-12(2)15-9-14-6-5-7-17(10-14)21(18,19)16-8-13(3)11-20-4/h12-16H,5-11H2,1-4H3. The van der Waals surface area contributed by atoms with Crippen molar-refractivity contribution in [2.24, 2.45) is 11.8 Å². The molecule has 0 aliphatic carbocycles. The fourth-order valence-corrected chi connectivity index (χ4v) is 4.64. The van der Waals surface area contributed by atoms with Crippen LogP contribution in [0.5, 0.6) is 0 Å². The molecule has 126 valence electrons. The summed E-state index contributed by atoms with van der Waals surface area (Å²) in [5.41, 5.74) is 0. The van der Waals surface area contributed by atoms with Crippen LogP contribution in [0.2, 0.25) is 0 Å². The molecule has 0 aromatic heterocycles. The highest BCUT2D eigenvalue weighted by Gasteiger charge is 2.28. The fourth-order valence-electron chi connectivity index (χ4n) is 2.50. The predicted molar refractivity (Wildman–Crippen MR) is 91.9 cm³/mol. The Kier molecular flexibility index (Phi) is 8.56. The molecule has 0 saturated carbocycles. The minimum absolute atomic E-state index is 0.359. The first-order valence-electron chi connectivity index (χ1n) is 7.82. The summed E-state index contributed by atoms with van der Waals surface area (Å²) in [7, 11) is -3.32. The number of hydrogen-bond acceptors (Lipinski definition) is 4. The molecule has 21 heavy (non-hydrogen) atoms. The van der Waals surface area contributed by atoms with Gasteiger partial charge in [0, 0.05) is 25.7 Å². The lowest BCUT2D eigenvalue weighted by Crippen LogP contribution is -2.48. The molecule has 0 amide bonds. The summed E-state index contributed by atoms with van der Waals surface area (Å²) < 4.78 is 29.1. The molecular formula is C14H31N3O2S2. The van der Waals surface area contributed by atoms with E-state index in [2.05, 4.69) is 30.8 Å². The summed E-state index contributed by atoms with van der Waals surface area (Å²) in [6.07, 6.45) is 4.10. The molecule has 0 radical (unpaired) electrons. The van der Waals surface area contributed by atoms with E-state index in [1.54, 1.807) is 16.1 Å². The Morgan fingerprint density at radius 2 is 2.05 bits per heavy atom. The fraction of sp³-hybridized carbons (Fsp3) is 1.00. The van der Waals surface area contributed by atoms with E-state index in [0.717, 1.165) is 25.1 Å². The van der Waals surface area contributed by atoms with Crippen LogP contribution in [0, 0.1) is 11.8 Å². The van der Waals surface area contributed by atoms with Crippen LogP contribution in [0.1, 0.15) is 33.6 Å². The molecule has 0 aromatic rings. The van der Waals surface area contributed by atoms with Crippen LogP contribution in [-0.2, 0) is 10.2 Å². The zero-order valence-electron chi connectivity index (χ0n) is 13.8. The smallest absolute Gasteiger partial charge is 0.279 e.